The molecule has 3 nitrogen and oxygen atoms in total. The third-order valence-electron chi connectivity index (χ3n) is 2.48. The Morgan fingerprint density at radius 2 is 2.31 bits per heavy atom. The van der Waals surface area contributed by atoms with Crippen LogP contribution < -0.4 is 0 Å². The topological polar surface area (TPSA) is 34.9 Å². The van der Waals surface area contributed by atoms with Gasteiger partial charge in [-0.1, -0.05) is 11.6 Å². The van der Waals surface area contributed by atoms with Gasteiger partial charge in [-0.25, -0.2) is 4.98 Å². The second-order valence-corrected chi connectivity index (χ2v) is 5.24. The summed E-state index contributed by atoms with van der Waals surface area (Å²) in [4.78, 5) is 16.9. The smallest absolute Gasteiger partial charge is 0.195 e. The molecule has 84 valence electrons. The molecule has 0 aromatic carbocycles. The fraction of sp³-hybridized carbons (Fsp3) is 0.273. The van der Waals surface area contributed by atoms with Gasteiger partial charge in [-0.15, -0.1) is 11.3 Å². The van der Waals surface area contributed by atoms with E-state index in [1.165, 1.54) is 11.3 Å². The molecule has 0 saturated carbocycles. The minimum Gasteiger partial charge on any atom is -0.325 e. The number of aromatic nitrogens is 2. The van der Waals surface area contributed by atoms with Gasteiger partial charge < -0.3 is 4.57 Å². The van der Waals surface area contributed by atoms with E-state index in [0.717, 1.165) is 5.82 Å². The molecule has 0 saturated heterocycles. The lowest BCUT2D eigenvalue weighted by Crippen LogP contribution is -2.16. The molecule has 1 atom stereocenters. The van der Waals surface area contributed by atoms with Crippen LogP contribution in [0.15, 0.2) is 24.5 Å². The highest BCUT2D eigenvalue weighted by Gasteiger charge is 2.19. The second-order valence-electron chi connectivity index (χ2n) is 3.53. The molecule has 5 heteroatoms. The van der Waals surface area contributed by atoms with Crippen LogP contribution in [-0.4, -0.2) is 15.3 Å². The summed E-state index contributed by atoms with van der Waals surface area (Å²) in [6, 6.07) is 3.27. The fourth-order valence-corrected chi connectivity index (χ4v) is 2.64. The molecule has 0 radical (unpaired) electrons. The molecule has 2 aromatic heterocycles. The van der Waals surface area contributed by atoms with E-state index in [-0.39, 0.29) is 11.8 Å². The highest BCUT2D eigenvalue weighted by Crippen LogP contribution is 2.25. The Labute approximate surface area is 103 Å². The average molecular weight is 255 g/mol. The maximum Gasteiger partial charge on any atom is 0.195 e. The third-order valence-corrected chi connectivity index (χ3v) is 3.72. The first-order valence-corrected chi connectivity index (χ1v) is 6.08. The number of carbonyl (C=O) groups is 1. The van der Waals surface area contributed by atoms with Crippen molar-refractivity contribution in [3.8, 4) is 0 Å². The van der Waals surface area contributed by atoms with Crippen molar-refractivity contribution in [1.29, 1.82) is 0 Å². The molecule has 0 bridgehead atoms. The summed E-state index contributed by atoms with van der Waals surface area (Å²) in [5.74, 6) is 0.904. The number of hydrogen-bond acceptors (Lipinski definition) is 3. The van der Waals surface area contributed by atoms with E-state index in [0.29, 0.717) is 9.21 Å². The molecule has 0 N–H and O–H groups in total. The summed E-state index contributed by atoms with van der Waals surface area (Å²) in [6.45, 7) is 3.75. The molecule has 0 aliphatic carbocycles. The van der Waals surface area contributed by atoms with Crippen molar-refractivity contribution < 1.29 is 4.79 Å². The molecular weight excluding hydrogens is 244 g/mol. The van der Waals surface area contributed by atoms with Gasteiger partial charge in [0.25, 0.3) is 0 Å². The molecule has 16 heavy (non-hydrogen) atoms. The van der Waals surface area contributed by atoms with Crippen molar-refractivity contribution in [2.24, 2.45) is 0 Å². The van der Waals surface area contributed by atoms with E-state index in [1.54, 1.807) is 18.3 Å². The van der Waals surface area contributed by atoms with E-state index in [4.69, 9.17) is 11.6 Å². The van der Waals surface area contributed by atoms with Crippen LogP contribution in [0.4, 0.5) is 0 Å². The Bertz CT molecular complexity index is 518. The minimum atomic E-state index is -0.239. The Morgan fingerprint density at radius 1 is 1.56 bits per heavy atom. The first kappa shape index (κ1) is 11.4. The van der Waals surface area contributed by atoms with Crippen molar-refractivity contribution in [2.75, 3.05) is 0 Å². The first-order valence-electron chi connectivity index (χ1n) is 4.88. The highest BCUT2D eigenvalue weighted by atomic mass is 35.5. The van der Waals surface area contributed by atoms with Gasteiger partial charge >= 0.3 is 0 Å². The quantitative estimate of drug-likeness (QED) is 0.788. The zero-order chi connectivity index (χ0) is 11.7. The summed E-state index contributed by atoms with van der Waals surface area (Å²) in [5.41, 5.74) is 0. The van der Waals surface area contributed by atoms with Crippen LogP contribution in [0.1, 0.15) is 28.5 Å². The number of carbonyl (C=O) groups excluding carboxylic acids is 1. The van der Waals surface area contributed by atoms with E-state index in [1.807, 2.05) is 24.6 Å². The van der Waals surface area contributed by atoms with Gasteiger partial charge in [0, 0.05) is 12.4 Å². The number of hydrogen-bond donors (Lipinski definition) is 0. The number of nitrogens with zero attached hydrogens (tertiary/aromatic N) is 2. The molecular formula is C11H11ClN2OS. The Morgan fingerprint density at radius 3 is 2.81 bits per heavy atom. The van der Waals surface area contributed by atoms with Crippen molar-refractivity contribution in [3.63, 3.8) is 0 Å². The Hall–Kier alpha value is -1.13. The largest absolute Gasteiger partial charge is 0.325 e. The van der Waals surface area contributed by atoms with Crippen LogP contribution in [0.25, 0.3) is 0 Å². The normalized spacial score (nSPS) is 12.7. The molecule has 0 fully saturated rings. The van der Waals surface area contributed by atoms with Crippen molar-refractivity contribution in [2.45, 2.75) is 19.9 Å². The fourth-order valence-electron chi connectivity index (χ4n) is 1.58. The van der Waals surface area contributed by atoms with Crippen LogP contribution in [0.3, 0.4) is 0 Å². The van der Waals surface area contributed by atoms with Gasteiger partial charge in [-0.2, -0.15) is 0 Å². The summed E-state index contributed by atoms with van der Waals surface area (Å²) >= 11 is 7.12. The number of thiophene rings is 1. The van der Waals surface area contributed by atoms with E-state index < -0.39 is 0 Å². The predicted molar refractivity (Wildman–Crippen MR) is 65.3 cm³/mol. The average Bonchev–Trinajstić information content (AvgIpc) is 2.85. The van der Waals surface area contributed by atoms with Gasteiger partial charge in [-0.05, 0) is 26.0 Å². The maximum atomic E-state index is 12.1. The van der Waals surface area contributed by atoms with Crippen LogP contribution in [0, 0.1) is 6.92 Å². The lowest BCUT2D eigenvalue weighted by atomic mass is 10.2. The molecule has 0 spiro atoms. The maximum absolute atomic E-state index is 12.1. The van der Waals surface area contributed by atoms with Gasteiger partial charge in [0.2, 0.25) is 0 Å². The molecule has 2 aromatic rings. The van der Waals surface area contributed by atoms with Crippen molar-refractivity contribution in [1.82, 2.24) is 9.55 Å². The molecule has 2 rings (SSSR count). The van der Waals surface area contributed by atoms with Gasteiger partial charge in [0.15, 0.2) is 5.78 Å². The molecule has 0 aliphatic rings. The van der Waals surface area contributed by atoms with E-state index in [2.05, 4.69) is 4.98 Å². The van der Waals surface area contributed by atoms with Crippen LogP contribution in [0.2, 0.25) is 4.34 Å². The summed E-state index contributed by atoms with van der Waals surface area (Å²) in [5, 5.41) is 0. The van der Waals surface area contributed by atoms with Crippen LogP contribution in [-0.2, 0) is 0 Å². The van der Waals surface area contributed by atoms with Crippen molar-refractivity contribution >= 4 is 28.7 Å². The van der Waals surface area contributed by atoms with Crippen molar-refractivity contribution in [3.05, 3.63) is 39.6 Å². The summed E-state index contributed by atoms with van der Waals surface area (Å²) < 4.78 is 2.49. The monoisotopic (exact) mass is 254 g/mol. The first-order chi connectivity index (χ1) is 7.59. The Kier molecular flexibility index (Phi) is 3.12. The van der Waals surface area contributed by atoms with Gasteiger partial charge in [-0.3, -0.25) is 4.79 Å². The molecule has 2 heterocycles. The molecule has 0 aliphatic heterocycles. The summed E-state index contributed by atoms with van der Waals surface area (Å²) in [7, 11) is 0. The van der Waals surface area contributed by atoms with Gasteiger partial charge in [0.05, 0.1) is 15.3 Å². The number of halogens is 1. The van der Waals surface area contributed by atoms with E-state index in [9.17, 15) is 4.79 Å². The zero-order valence-corrected chi connectivity index (χ0v) is 10.5. The van der Waals surface area contributed by atoms with Crippen LogP contribution in [0.5, 0.6) is 0 Å². The predicted octanol–water partition coefficient (Wildman–Crippen LogP) is 3.35. The number of imidazole rings is 1. The third kappa shape index (κ3) is 2.03. The van der Waals surface area contributed by atoms with Crippen LogP contribution >= 0.6 is 22.9 Å². The summed E-state index contributed by atoms with van der Waals surface area (Å²) in [6.07, 6.45) is 3.51. The van der Waals surface area contributed by atoms with E-state index >= 15 is 0 Å². The Balaban J connectivity index is 2.26. The SMILES string of the molecule is Cc1nccn1C(C)C(=O)c1ccc(Cl)s1. The second kappa shape index (κ2) is 4.39. The number of Topliss-reactive ketones (excluding diaryl/α,β-unsaturated/α-hetero) is 1. The zero-order valence-electron chi connectivity index (χ0n) is 8.98. The van der Waals surface area contributed by atoms with Gasteiger partial charge in [0.1, 0.15) is 5.82 Å². The molecule has 1 unspecified atom stereocenters. The standard InChI is InChI=1S/C11H11ClN2OS/c1-7(14-6-5-13-8(14)2)11(15)9-3-4-10(12)16-9/h3-7H,1-2H3. The molecule has 0 amide bonds. The minimum absolute atomic E-state index is 0.0676. The number of ketones is 1. The lowest BCUT2D eigenvalue weighted by Gasteiger charge is -2.12. The lowest BCUT2D eigenvalue weighted by molar-refractivity contribution is 0.0938. The highest BCUT2D eigenvalue weighted by molar-refractivity contribution is 7.18. The number of aryl methyl sites for hydroxylation is 1. The number of rotatable bonds is 3.